The van der Waals surface area contributed by atoms with Crippen molar-refractivity contribution in [2.45, 2.75) is 9.63 Å². The molecule has 0 amide bonds. The second-order valence-corrected chi connectivity index (χ2v) is 8.81. The summed E-state index contributed by atoms with van der Waals surface area (Å²) < 4.78 is 0. The van der Waals surface area contributed by atoms with Gasteiger partial charge in [0.05, 0.1) is 0 Å². The first-order valence-electron chi connectivity index (χ1n) is 9.37. The van der Waals surface area contributed by atoms with Crippen LogP contribution in [0.1, 0.15) is 31.9 Å². The van der Waals surface area contributed by atoms with Crippen LogP contribution in [0.15, 0.2) is 97.1 Å². The Morgan fingerprint density at radius 1 is 0.370 bits per heavy atom. The summed E-state index contributed by atoms with van der Waals surface area (Å²) in [5.41, 5.74) is 11.6. The van der Waals surface area contributed by atoms with Crippen LogP contribution in [0.5, 0.6) is 0 Å². The molecule has 2 aliphatic carbocycles. The van der Waals surface area contributed by atoms with E-state index in [0.29, 0.717) is 9.63 Å². The van der Waals surface area contributed by atoms with Crippen LogP contribution in [-0.4, -0.2) is 0 Å². The van der Waals surface area contributed by atoms with E-state index >= 15 is 0 Å². The van der Waals surface area contributed by atoms with E-state index in [1.165, 1.54) is 44.5 Å². The number of rotatable bonds is 2. The van der Waals surface area contributed by atoms with Crippen molar-refractivity contribution in [2.75, 3.05) is 0 Å². The first-order valence-corrected chi connectivity index (χ1v) is 10.6. The molecule has 130 valence electrons. The summed E-state index contributed by atoms with van der Waals surface area (Å²) in [5, 5.41) is 0. The summed E-state index contributed by atoms with van der Waals surface area (Å²) in [6, 6.07) is 35.8. The van der Waals surface area contributed by atoms with Crippen LogP contribution in [0.2, 0.25) is 0 Å². The molecule has 0 heterocycles. The second-order valence-electron chi connectivity index (χ2n) is 7.16. The third kappa shape index (κ3) is 2.22. The third-order valence-electron chi connectivity index (χ3n) is 5.72. The summed E-state index contributed by atoms with van der Waals surface area (Å²) in [5.74, 6) is 0. The standard InChI is InChI=1S/2C13H9.Fe/c2*1-3-7-12-10(5-1)9-11-6-2-4-8-13(11)12;/h2*1-9H;. The molecule has 0 fully saturated rings. The molecule has 0 spiro atoms. The Morgan fingerprint density at radius 3 is 0.926 bits per heavy atom. The van der Waals surface area contributed by atoms with Gasteiger partial charge in [0.1, 0.15) is 0 Å². The fourth-order valence-corrected chi connectivity index (χ4v) is 6.81. The Labute approximate surface area is 166 Å². The van der Waals surface area contributed by atoms with E-state index in [4.69, 9.17) is 0 Å². The third-order valence-corrected chi connectivity index (χ3v) is 7.83. The van der Waals surface area contributed by atoms with Gasteiger partial charge in [0, 0.05) is 0 Å². The zero-order valence-electron chi connectivity index (χ0n) is 14.7. The summed E-state index contributed by atoms with van der Waals surface area (Å²) >= 11 is 1.13. The minimum absolute atomic E-state index is 0.460. The molecule has 1 heteroatoms. The molecular weight excluding hydrogens is 368 g/mol. The van der Waals surface area contributed by atoms with Gasteiger partial charge in [-0.2, -0.15) is 0 Å². The molecule has 0 bridgehead atoms. The van der Waals surface area contributed by atoms with Crippen LogP contribution in [0.3, 0.4) is 0 Å². The maximum absolute atomic E-state index is 2.33. The average Bonchev–Trinajstić information content (AvgIpc) is 3.23. The number of benzene rings is 4. The molecule has 6 rings (SSSR count). The molecule has 0 nitrogen and oxygen atoms in total. The van der Waals surface area contributed by atoms with Gasteiger partial charge in [0.25, 0.3) is 0 Å². The van der Waals surface area contributed by atoms with E-state index in [2.05, 4.69) is 97.1 Å². The average molecular weight is 386 g/mol. The number of hydrogen-bond acceptors (Lipinski definition) is 0. The van der Waals surface area contributed by atoms with Crippen molar-refractivity contribution in [1.82, 2.24) is 0 Å². The van der Waals surface area contributed by atoms with Crippen LogP contribution in [0, 0.1) is 0 Å². The Morgan fingerprint density at radius 2 is 0.630 bits per heavy atom. The minimum atomic E-state index is 0.460. The first kappa shape index (κ1) is 15.5. The van der Waals surface area contributed by atoms with Crippen molar-refractivity contribution in [1.29, 1.82) is 0 Å². The zero-order chi connectivity index (χ0) is 17.8. The van der Waals surface area contributed by atoms with E-state index in [1.807, 2.05) is 0 Å². The van der Waals surface area contributed by atoms with Crippen molar-refractivity contribution < 1.29 is 15.0 Å². The Hall–Kier alpha value is -2.60. The summed E-state index contributed by atoms with van der Waals surface area (Å²) in [4.78, 5) is 0.920. The predicted molar refractivity (Wildman–Crippen MR) is 107 cm³/mol. The van der Waals surface area contributed by atoms with Gasteiger partial charge in [-0.1, -0.05) is 0 Å². The molecule has 4 aromatic carbocycles. The van der Waals surface area contributed by atoms with E-state index in [-0.39, 0.29) is 0 Å². The van der Waals surface area contributed by atoms with Gasteiger partial charge in [-0.15, -0.1) is 0 Å². The van der Waals surface area contributed by atoms with Gasteiger partial charge >= 0.3 is 166 Å². The second kappa shape index (κ2) is 5.96. The molecule has 0 saturated heterocycles. The van der Waals surface area contributed by atoms with Crippen LogP contribution < -0.4 is 0 Å². The molecule has 0 unspecified atom stereocenters. The molecule has 0 saturated carbocycles. The molecule has 4 aromatic rings. The van der Waals surface area contributed by atoms with E-state index in [9.17, 15) is 0 Å². The predicted octanol–water partition coefficient (Wildman–Crippen LogP) is 6.61. The van der Waals surface area contributed by atoms with Gasteiger partial charge in [-0.05, 0) is 0 Å². The molecule has 27 heavy (non-hydrogen) atoms. The van der Waals surface area contributed by atoms with Gasteiger partial charge < -0.3 is 0 Å². The SMILES string of the molecule is c1ccc2c(c1)-c1ccccc1[CH]2[Fe][CH]1c2ccccc2-c2ccccc21. The summed E-state index contributed by atoms with van der Waals surface area (Å²) in [6.45, 7) is 0. The van der Waals surface area contributed by atoms with Gasteiger partial charge in [-0.25, -0.2) is 0 Å². The van der Waals surface area contributed by atoms with Crippen LogP contribution >= 0.6 is 0 Å². The maximum atomic E-state index is 2.33. The van der Waals surface area contributed by atoms with Crippen LogP contribution in [0.25, 0.3) is 22.3 Å². The molecule has 0 N–H and O–H groups in total. The van der Waals surface area contributed by atoms with E-state index in [1.54, 1.807) is 0 Å². The van der Waals surface area contributed by atoms with Crippen molar-refractivity contribution in [3.63, 3.8) is 0 Å². The van der Waals surface area contributed by atoms with Gasteiger partial charge in [-0.3, -0.25) is 0 Å². The molecule has 0 aliphatic heterocycles. The Bertz CT molecular complexity index is 990. The molecule has 0 atom stereocenters. The van der Waals surface area contributed by atoms with Crippen molar-refractivity contribution in [3.8, 4) is 22.3 Å². The molecule has 0 aromatic heterocycles. The fraction of sp³-hybridized carbons (Fsp3) is 0.0769. The topological polar surface area (TPSA) is 0 Å². The molecular formula is C26H18Fe. The van der Waals surface area contributed by atoms with Crippen LogP contribution in [0.4, 0.5) is 0 Å². The van der Waals surface area contributed by atoms with Gasteiger partial charge in [0.15, 0.2) is 0 Å². The van der Waals surface area contributed by atoms with E-state index < -0.39 is 0 Å². The normalized spacial score (nSPS) is 14.7. The number of fused-ring (bicyclic) bond motifs is 6. The van der Waals surface area contributed by atoms with Crippen molar-refractivity contribution in [2.24, 2.45) is 0 Å². The van der Waals surface area contributed by atoms with Crippen LogP contribution in [-0.2, 0) is 15.0 Å². The summed E-state index contributed by atoms with van der Waals surface area (Å²) in [6.07, 6.45) is 0. The van der Waals surface area contributed by atoms with E-state index in [0.717, 1.165) is 15.0 Å². The number of hydrogen-bond donors (Lipinski definition) is 0. The zero-order valence-corrected chi connectivity index (χ0v) is 15.9. The monoisotopic (exact) mass is 386 g/mol. The fourth-order valence-electron chi connectivity index (χ4n) is 4.54. The van der Waals surface area contributed by atoms with Gasteiger partial charge in [0.2, 0.25) is 0 Å². The quantitative estimate of drug-likeness (QED) is 0.340. The Balaban J connectivity index is 1.51. The molecule has 2 aliphatic rings. The molecule has 0 radical (unpaired) electrons. The Kier molecular flexibility index (Phi) is 3.41. The van der Waals surface area contributed by atoms with Crippen molar-refractivity contribution in [3.05, 3.63) is 119 Å². The van der Waals surface area contributed by atoms with Crippen molar-refractivity contribution >= 4 is 0 Å². The first-order chi connectivity index (χ1) is 13.4. The summed E-state index contributed by atoms with van der Waals surface area (Å²) in [7, 11) is 0.